The molecule has 0 unspecified atom stereocenters. The monoisotopic (exact) mass is 584 g/mol. The summed E-state index contributed by atoms with van der Waals surface area (Å²) in [5.41, 5.74) is 4.96. The first-order valence-electron chi connectivity index (χ1n) is 14.9. The molecule has 1 aliphatic carbocycles. The third-order valence-corrected chi connectivity index (χ3v) is 9.96. The van der Waals surface area contributed by atoms with Gasteiger partial charge >= 0.3 is 0 Å². The van der Waals surface area contributed by atoms with Gasteiger partial charge in [0.2, 0.25) is 5.56 Å². The molecule has 8 heteroatoms. The molecule has 6 rings (SSSR count). The molecule has 0 saturated carbocycles. The van der Waals surface area contributed by atoms with E-state index in [0.29, 0.717) is 23.9 Å². The standard InChI is InChI=1S/C34H40N4O3S/c1-33(2,3)26-10-11-27-24(16-26)15-25-17-29(42-32(25)37-27)31(40)36-28(13-14-38-19-34(4,41)20-38)22-7-5-21(6-8-22)23-9-12-30(39)35-18-23/h5-9,12,15,17-18,26,28,41H,10-11,13-14,16,19-20H2,1-4H3,(H,35,39)(H,36,40)/t26-,28+/m0/s1. The van der Waals surface area contributed by atoms with Gasteiger partial charge in [-0.25, -0.2) is 4.98 Å². The van der Waals surface area contributed by atoms with Gasteiger partial charge < -0.3 is 15.4 Å². The van der Waals surface area contributed by atoms with Crippen molar-refractivity contribution in [1.29, 1.82) is 0 Å². The number of aromatic amines is 1. The van der Waals surface area contributed by atoms with Crippen molar-refractivity contribution in [3.05, 3.63) is 86.8 Å². The Morgan fingerprint density at radius 3 is 2.57 bits per heavy atom. The smallest absolute Gasteiger partial charge is 0.261 e. The molecule has 0 bridgehead atoms. The zero-order chi connectivity index (χ0) is 29.6. The molecule has 1 saturated heterocycles. The summed E-state index contributed by atoms with van der Waals surface area (Å²) in [6.45, 7) is 10.9. The lowest BCUT2D eigenvalue weighted by atomic mass is 9.71. The Balaban J connectivity index is 1.21. The lowest BCUT2D eigenvalue weighted by Gasteiger charge is -2.44. The highest BCUT2D eigenvalue weighted by molar-refractivity contribution is 7.20. The van der Waals surface area contributed by atoms with Crippen LogP contribution in [-0.4, -0.2) is 51.1 Å². The van der Waals surface area contributed by atoms with E-state index in [4.69, 9.17) is 4.98 Å². The highest BCUT2D eigenvalue weighted by Crippen LogP contribution is 2.38. The highest BCUT2D eigenvalue weighted by atomic mass is 32.1. The number of carbonyl (C=O) groups excluding carboxylic acids is 1. The number of H-pyrrole nitrogens is 1. The Kier molecular flexibility index (Phi) is 7.58. The number of likely N-dealkylation sites (tertiary alicyclic amines) is 1. The van der Waals surface area contributed by atoms with E-state index in [-0.39, 0.29) is 22.9 Å². The van der Waals surface area contributed by atoms with Gasteiger partial charge in [0, 0.05) is 43.0 Å². The van der Waals surface area contributed by atoms with Crippen LogP contribution in [-0.2, 0) is 12.8 Å². The molecule has 2 atom stereocenters. The van der Waals surface area contributed by atoms with Gasteiger partial charge in [-0.2, -0.15) is 0 Å². The maximum absolute atomic E-state index is 13.6. The maximum atomic E-state index is 13.6. The predicted octanol–water partition coefficient (Wildman–Crippen LogP) is 5.73. The molecule has 7 nitrogen and oxygen atoms in total. The minimum Gasteiger partial charge on any atom is -0.388 e. The molecule has 1 fully saturated rings. The van der Waals surface area contributed by atoms with Crippen LogP contribution in [0, 0.1) is 11.3 Å². The normalized spacial score (nSPS) is 19.2. The van der Waals surface area contributed by atoms with Crippen molar-refractivity contribution in [3.8, 4) is 11.1 Å². The van der Waals surface area contributed by atoms with Gasteiger partial charge in [-0.1, -0.05) is 45.0 Å². The van der Waals surface area contributed by atoms with Crippen molar-refractivity contribution in [3.63, 3.8) is 0 Å². The van der Waals surface area contributed by atoms with Crippen molar-refractivity contribution < 1.29 is 9.90 Å². The summed E-state index contributed by atoms with van der Waals surface area (Å²) in [4.78, 5) is 36.6. The summed E-state index contributed by atoms with van der Waals surface area (Å²) in [6, 6.07) is 15.5. The SMILES string of the molecule is CC1(O)CN(CC[C@@H](NC(=O)c2cc3cc4c(nc3s2)CC[C@H](C(C)(C)C)C4)c2ccc(-c3ccc(=O)[nH]c3)cc2)C1. The first-order valence-corrected chi connectivity index (χ1v) is 15.7. The summed E-state index contributed by atoms with van der Waals surface area (Å²) in [5.74, 6) is 0.547. The van der Waals surface area contributed by atoms with E-state index < -0.39 is 5.60 Å². The fraction of sp³-hybridized carbons (Fsp3) is 0.441. The Bertz CT molecular complexity index is 1640. The summed E-state index contributed by atoms with van der Waals surface area (Å²) in [5, 5.41) is 14.5. The topological polar surface area (TPSA) is 98.3 Å². The number of rotatable bonds is 7. The van der Waals surface area contributed by atoms with E-state index in [2.05, 4.69) is 42.0 Å². The number of nitrogens with zero attached hydrogens (tertiary/aromatic N) is 2. The first kappa shape index (κ1) is 28.8. The fourth-order valence-corrected chi connectivity index (χ4v) is 7.35. The van der Waals surface area contributed by atoms with Crippen LogP contribution in [0.4, 0.5) is 0 Å². The van der Waals surface area contributed by atoms with Gasteiger partial charge in [0.1, 0.15) is 4.83 Å². The Labute approximate surface area is 251 Å². The minimum atomic E-state index is -0.632. The van der Waals surface area contributed by atoms with Crippen molar-refractivity contribution >= 4 is 27.5 Å². The van der Waals surface area contributed by atoms with E-state index in [1.807, 2.05) is 37.3 Å². The number of fused-ring (bicyclic) bond motifs is 2. The summed E-state index contributed by atoms with van der Waals surface area (Å²) >= 11 is 1.47. The fourth-order valence-electron chi connectivity index (χ4n) is 6.41. The molecule has 4 heterocycles. The third-order valence-electron chi connectivity index (χ3n) is 8.92. The molecule has 1 aliphatic heterocycles. The van der Waals surface area contributed by atoms with E-state index in [1.54, 1.807) is 12.3 Å². The maximum Gasteiger partial charge on any atom is 0.261 e. The van der Waals surface area contributed by atoms with Crippen LogP contribution in [0.3, 0.4) is 0 Å². The van der Waals surface area contributed by atoms with E-state index in [9.17, 15) is 14.7 Å². The quantitative estimate of drug-likeness (QED) is 0.258. The number of pyridine rings is 2. The largest absolute Gasteiger partial charge is 0.388 e. The number of aromatic nitrogens is 2. The van der Waals surface area contributed by atoms with Crippen LogP contribution < -0.4 is 10.9 Å². The second kappa shape index (κ2) is 11.1. The Morgan fingerprint density at radius 2 is 1.90 bits per heavy atom. The molecule has 2 aliphatic rings. The molecule has 1 aromatic carbocycles. The molecule has 1 amide bonds. The number of hydrogen-bond acceptors (Lipinski definition) is 6. The zero-order valence-electron chi connectivity index (χ0n) is 24.9. The van der Waals surface area contributed by atoms with Crippen molar-refractivity contribution in [2.75, 3.05) is 19.6 Å². The second-order valence-electron chi connectivity index (χ2n) is 13.5. The molecule has 3 N–H and O–H groups in total. The minimum absolute atomic E-state index is 0.0890. The molecule has 42 heavy (non-hydrogen) atoms. The van der Waals surface area contributed by atoms with Crippen LogP contribution in [0.2, 0.25) is 0 Å². The summed E-state index contributed by atoms with van der Waals surface area (Å²) in [6.07, 6.45) is 5.63. The van der Waals surface area contributed by atoms with E-state index in [0.717, 1.165) is 59.1 Å². The van der Waals surface area contributed by atoms with Crippen LogP contribution >= 0.6 is 11.3 Å². The van der Waals surface area contributed by atoms with Crippen molar-refractivity contribution in [1.82, 2.24) is 20.2 Å². The Hall–Kier alpha value is -3.33. The van der Waals surface area contributed by atoms with Gasteiger partial charge in [0.15, 0.2) is 0 Å². The summed E-state index contributed by atoms with van der Waals surface area (Å²) < 4.78 is 0. The Morgan fingerprint density at radius 1 is 1.17 bits per heavy atom. The van der Waals surface area contributed by atoms with E-state index in [1.165, 1.54) is 28.7 Å². The predicted molar refractivity (Wildman–Crippen MR) is 169 cm³/mol. The van der Waals surface area contributed by atoms with Gasteiger partial charge in [-0.15, -0.1) is 11.3 Å². The average Bonchev–Trinajstić information content (AvgIpc) is 3.35. The number of aliphatic hydroxyl groups is 1. The zero-order valence-corrected chi connectivity index (χ0v) is 25.7. The number of benzene rings is 1. The number of amides is 1. The molecule has 3 aromatic heterocycles. The molecule has 0 radical (unpaired) electrons. The number of carbonyl (C=O) groups is 1. The highest BCUT2D eigenvalue weighted by Gasteiger charge is 2.36. The first-order chi connectivity index (χ1) is 19.9. The molecular formula is C34H40N4O3S. The second-order valence-corrected chi connectivity index (χ2v) is 14.5. The lowest BCUT2D eigenvalue weighted by Crippen LogP contribution is -2.60. The summed E-state index contributed by atoms with van der Waals surface area (Å²) in [7, 11) is 0. The number of hydrogen-bond donors (Lipinski definition) is 3. The lowest BCUT2D eigenvalue weighted by molar-refractivity contribution is -0.0839. The number of thiophene rings is 1. The van der Waals surface area contributed by atoms with Gasteiger partial charge in [-0.3, -0.25) is 14.5 Å². The van der Waals surface area contributed by atoms with E-state index >= 15 is 0 Å². The average molecular weight is 585 g/mol. The van der Waals surface area contributed by atoms with Gasteiger partial charge in [0.25, 0.3) is 5.91 Å². The van der Waals surface area contributed by atoms with Gasteiger partial charge in [0.05, 0.1) is 16.5 Å². The van der Waals surface area contributed by atoms with Crippen molar-refractivity contribution in [2.24, 2.45) is 11.3 Å². The molecular weight excluding hydrogens is 544 g/mol. The van der Waals surface area contributed by atoms with Crippen LogP contribution in [0.5, 0.6) is 0 Å². The number of β-amino-alcohol motifs (C(OH)–C–C–N with tert-alkyl or cyclic N) is 1. The van der Waals surface area contributed by atoms with Crippen LogP contribution in [0.15, 0.2) is 59.5 Å². The third kappa shape index (κ3) is 6.21. The van der Waals surface area contributed by atoms with Crippen LogP contribution in [0.1, 0.15) is 73.1 Å². The van der Waals surface area contributed by atoms with Gasteiger partial charge in [-0.05, 0) is 84.4 Å². The number of aryl methyl sites for hydroxylation is 1. The van der Waals surface area contributed by atoms with Crippen LogP contribution in [0.25, 0.3) is 21.3 Å². The molecule has 4 aromatic rings. The van der Waals surface area contributed by atoms with Crippen molar-refractivity contribution in [2.45, 2.75) is 65.0 Å². The molecule has 220 valence electrons. The number of nitrogens with one attached hydrogen (secondary N) is 2. The molecule has 0 spiro atoms.